The summed E-state index contributed by atoms with van der Waals surface area (Å²) in [6.45, 7) is 3.72. The second-order valence-electron chi connectivity index (χ2n) is 13.3. The average Bonchev–Trinajstić information content (AvgIpc) is 3.67. The molecule has 2 aromatic carbocycles. The number of rotatable bonds is 4. The molecule has 3 N–H and O–H groups in total. The topological polar surface area (TPSA) is 121 Å². The van der Waals surface area contributed by atoms with Gasteiger partial charge in [-0.2, -0.15) is 15.2 Å². The molecule has 0 spiro atoms. The Morgan fingerprint density at radius 1 is 1.23 bits per heavy atom. The van der Waals surface area contributed by atoms with E-state index in [0.717, 1.165) is 30.7 Å². The van der Waals surface area contributed by atoms with Crippen molar-refractivity contribution >= 4 is 54.7 Å². The van der Waals surface area contributed by atoms with E-state index < -0.39 is 35.0 Å². The first-order valence-corrected chi connectivity index (χ1v) is 17.0. The number of piperidine rings is 1. The Labute approximate surface area is 277 Å². The SMILES string of the molecule is CC1(O)CCCN2c3nc(OCC45CCCN4C[C@H](F)C5)nc4c(F)c(-c5ccc(F)c6sc(N)c(C#N)c56)c(Cl)c(c34)OCCC21. The number of aliphatic hydroxyl groups is 1. The summed E-state index contributed by atoms with van der Waals surface area (Å²) in [6, 6.07) is 4.09. The Morgan fingerprint density at radius 2 is 2.04 bits per heavy atom. The van der Waals surface area contributed by atoms with Gasteiger partial charge in [0, 0.05) is 36.9 Å². The molecule has 6 heterocycles. The van der Waals surface area contributed by atoms with Crippen LogP contribution < -0.4 is 20.1 Å². The van der Waals surface area contributed by atoms with Crippen LogP contribution in [-0.2, 0) is 0 Å². The van der Waals surface area contributed by atoms with Crippen LogP contribution in [0.1, 0.15) is 51.0 Å². The lowest BCUT2D eigenvalue weighted by Gasteiger charge is -2.47. The molecule has 0 aliphatic carbocycles. The molecule has 4 aliphatic heterocycles. The summed E-state index contributed by atoms with van der Waals surface area (Å²) in [5.41, 5.74) is 4.45. The number of halogens is 4. The van der Waals surface area contributed by atoms with Gasteiger partial charge < -0.3 is 25.2 Å². The van der Waals surface area contributed by atoms with Crippen molar-refractivity contribution in [3.05, 3.63) is 34.4 Å². The minimum Gasteiger partial charge on any atom is -0.491 e. The molecule has 3 saturated heterocycles. The number of nitrogens with zero attached hydrogens (tertiary/aromatic N) is 5. The Balaban J connectivity index is 1.37. The molecule has 47 heavy (non-hydrogen) atoms. The number of nitrogen functional groups attached to an aromatic ring is 1. The number of hydrogen-bond donors (Lipinski definition) is 2. The van der Waals surface area contributed by atoms with Crippen LogP contribution in [0.15, 0.2) is 12.1 Å². The highest BCUT2D eigenvalue weighted by Gasteiger charge is 2.50. The van der Waals surface area contributed by atoms with Crippen LogP contribution in [0, 0.1) is 23.0 Å². The predicted molar refractivity (Wildman–Crippen MR) is 174 cm³/mol. The van der Waals surface area contributed by atoms with Crippen molar-refractivity contribution < 1.29 is 27.8 Å². The van der Waals surface area contributed by atoms with E-state index in [9.17, 15) is 19.1 Å². The standard InChI is InChI=1S/C33H32ClF3N6O3S/c1-32(44)7-2-10-43-20(32)6-11-45-27-23-26(40-31(41-30(23)43)46-15-33-8-3-9-42(33)14-16(35)12-33)25(37)22(24(27)34)17-4-5-19(36)28-21(17)18(13-38)29(39)47-28/h4-5,16,20,44H,2-3,6-12,14-15,39H2,1H3/t16-,20?,32?,33?/m1/s1. The number of aromatic nitrogens is 2. The molecule has 14 heteroatoms. The Bertz CT molecular complexity index is 2000. The first-order valence-electron chi connectivity index (χ1n) is 15.8. The normalized spacial score (nSPS) is 27.3. The quantitative estimate of drug-likeness (QED) is 0.253. The second-order valence-corrected chi connectivity index (χ2v) is 14.7. The van der Waals surface area contributed by atoms with E-state index in [0.29, 0.717) is 44.6 Å². The van der Waals surface area contributed by atoms with Crippen molar-refractivity contribution in [2.45, 2.75) is 68.8 Å². The Morgan fingerprint density at radius 3 is 2.85 bits per heavy atom. The molecule has 0 amide bonds. The van der Waals surface area contributed by atoms with Gasteiger partial charge in [0.05, 0.1) is 44.5 Å². The molecular weight excluding hydrogens is 653 g/mol. The van der Waals surface area contributed by atoms with E-state index >= 15 is 4.39 Å². The van der Waals surface area contributed by atoms with Gasteiger partial charge >= 0.3 is 6.01 Å². The molecule has 0 radical (unpaired) electrons. The molecule has 9 nitrogen and oxygen atoms in total. The van der Waals surface area contributed by atoms with Gasteiger partial charge in [-0.3, -0.25) is 4.90 Å². The van der Waals surface area contributed by atoms with Gasteiger partial charge in [0.1, 0.15) is 41.0 Å². The maximum Gasteiger partial charge on any atom is 0.319 e. The zero-order chi connectivity index (χ0) is 32.8. The van der Waals surface area contributed by atoms with Crippen molar-refractivity contribution in [3.63, 3.8) is 0 Å². The number of nitriles is 1. The zero-order valence-electron chi connectivity index (χ0n) is 25.6. The molecule has 4 atom stereocenters. The molecule has 4 aliphatic rings. The fraction of sp³-hybridized carbons (Fsp3) is 0.485. The average molecular weight is 685 g/mol. The predicted octanol–water partition coefficient (Wildman–Crippen LogP) is 6.35. The van der Waals surface area contributed by atoms with E-state index in [-0.39, 0.29) is 72.7 Å². The van der Waals surface area contributed by atoms with Gasteiger partial charge in [0.15, 0.2) is 11.6 Å². The first kappa shape index (κ1) is 30.7. The van der Waals surface area contributed by atoms with Crippen LogP contribution in [0.3, 0.4) is 0 Å². The third-order valence-electron chi connectivity index (χ3n) is 10.5. The van der Waals surface area contributed by atoms with Gasteiger partial charge in [0.25, 0.3) is 0 Å². The summed E-state index contributed by atoms with van der Waals surface area (Å²) in [7, 11) is 0. The molecule has 246 valence electrons. The number of alkyl halides is 1. The van der Waals surface area contributed by atoms with Crippen LogP contribution in [0.4, 0.5) is 24.0 Å². The minimum absolute atomic E-state index is 0.0209. The lowest BCUT2D eigenvalue weighted by molar-refractivity contribution is -0.000244. The highest BCUT2D eigenvalue weighted by molar-refractivity contribution is 7.23. The highest BCUT2D eigenvalue weighted by Crippen LogP contribution is 2.52. The molecule has 0 saturated carbocycles. The highest BCUT2D eigenvalue weighted by atomic mass is 35.5. The fourth-order valence-corrected chi connectivity index (χ4v) is 9.58. The minimum atomic E-state index is -1.07. The molecule has 2 aromatic heterocycles. The molecule has 0 bridgehead atoms. The van der Waals surface area contributed by atoms with Gasteiger partial charge in [-0.1, -0.05) is 17.7 Å². The van der Waals surface area contributed by atoms with E-state index in [1.165, 1.54) is 12.1 Å². The third-order valence-corrected chi connectivity index (χ3v) is 11.8. The van der Waals surface area contributed by atoms with E-state index in [1.54, 1.807) is 6.92 Å². The van der Waals surface area contributed by atoms with Crippen molar-refractivity contribution in [2.24, 2.45) is 0 Å². The van der Waals surface area contributed by atoms with Crippen molar-refractivity contribution in [1.82, 2.24) is 14.9 Å². The maximum atomic E-state index is 17.2. The van der Waals surface area contributed by atoms with E-state index in [2.05, 4.69) is 9.88 Å². The van der Waals surface area contributed by atoms with Crippen LogP contribution in [0.5, 0.6) is 11.8 Å². The number of nitrogens with two attached hydrogens (primary N) is 1. The van der Waals surface area contributed by atoms with Gasteiger partial charge in [-0.05, 0) is 50.8 Å². The number of fused-ring (bicyclic) bond motifs is 4. The van der Waals surface area contributed by atoms with E-state index in [1.807, 2.05) is 11.0 Å². The summed E-state index contributed by atoms with van der Waals surface area (Å²) in [6.07, 6.45) is 2.72. The van der Waals surface area contributed by atoms with Crippen LogP contribution in [0.25, 0.3) is 32.1 Å². The fourth-order valence-electron chi connectivity index (χ4n) is 8.29. The summed E-state index contributed by atoms with van der Waals surface area (Å²) in [5.74, 6) is -0.983. The monoisotopic (exact) mass is 684 g/mol. The maximum absolute atomic E-state index is 17.2. The smallest absolute Gasteiger partial charge is 0.319 e. The first-order chi connectivity index (χ1) is 22.5. The zero-order valence-corrected chi connectivity index (χ0v) is 27.2. The van der Waals surface area contributed by atoms with Gasteiger partial charge in [-0.15, -0.1) is 11.3 Å². The largest absolute Gasteiger partial charge is 0.491 e. The number of benzene rings is 2. The van der Waals surface area contributed by atoms with Crippen LogP contribution >= 0.6 is 22.9 Å². The van der Waals surface area contributed by atoms with E-state index in [4.69, 9.17) is 31.8 Å². The summed E-state index contributed by atoms with van der Waals surface area (Å²) < 4.78 is 59.3. The summed E-state index contributed by atoms with van der Waals surface area (Å²) >= 11 is 7.93. The molecule has 3 fully saturated rings. The number of anilines is 2. The number of ether oxygens (including phenoxy) is 2. The molecule has 4 aromatic rings. The van der Waals surface area contributed by atoms with Crippen molar-refractivity contribution in [1.29, 1.82) is 5.26 Å². The molecule has 8 rings (SSSR count). The van der Waals surface area contributed by atoms with Crippen LogP contribution in [0.2, 0.25) is 5.02 Å². The Kier molecular flexibility index (Phi) is 7.18. The number of hydrogen-bond acceptors (Lipinski definition) is 10. The molecule has 3 unspecified atom stereocenters. The summed E-state index contributed by atoms with van der Waals surface area (Å²) in [5, 5.41) is 21.7. The lowest BCUT2D eigenvalue weighted by atomic mass is 9.84. The number of thiophene rings is 1. The summed E-state index contributed by atoms with van der Waals surface area (Å²) in [4.78, 5) is 13.5. The van der Waals surface area contributed by atoms with Crippen LogP contribution in [-0.4, -0.2) is 76.2 Å². The van der Waals surface area contributed by atoms with Crippen molar-refractivity contribution in [3.8, 4) is 29.0 Å². The molecular formula is C33H32ClF3N6O3S. The van der Waals surface area contributed by atoms with Crippen molar-refractivity contribution in [2.75, 3.05) is 43.5 Å². The van der Waals surface area contributed by atoms with Gasteiger partial charge in [0.2, 0.25) is 0 Å². The Hall–Kier alpha value is -3.57. The third kappa shape index (κ3) is 4.63. The van der Waals surface area contributed by atoms with Gasteiger partial charge in [-0.25, -0.2) is 13.2 Å². The lowest BCUT2D eigenvalue weighted by Crippen LogP contribution is -2.56. The second kappa shape index (κ2) is 11.0.